The molecule has 0 aromatic rings. The van der Waals surface area contributed by atoms with Crippen molar-refractivity contribution in [1.29, 1.82) is 0 Å². The minimum absolute atomic E-state index is 0.621. The van der Waals surface area contributed by atoms with Gasteiger partial charge in [-0.05, 0) is 18.4 Å². The molecule has 60 valence electrons. The minimum atomic E-state index is 0.621. The van der Waals surface area contributed by atoms with Crippen LogP contribution in [-0.4, -0.2) is 11.5 Å². The molecule has 1 rings (SSSR count). The van der Waals surface area contributed by atoms with Gasteiger partial charge >= 0.3 is 0 Å². The first-order chi connectivity index (χ1) is 5.38. The molecule has 0 amide bonds. The standard InChI is InChI=1S/C8H12N2S/c9-10-8(6-11)7-4-2-1-3-5-7/h1-2,4,11H,3,5-6,9H2/b10-8+. The van der Waals surface area contributed by atoms with E-state index < -0.39 is 0 Å². The molecular formula is C8H12N2S. The lowest BCUT2D eigenvalue weighted by Crippen LogP contribution is -2.08. The number of allylic oxidation sites excluding steroid dienone is 4. The van der Waals surface area contributed by atoms with E-state index in [0.29, 0.717) is 5.75 Å². The van der Waals surface area contributed by atoms with E-state index in [4.69, 9.17) is 5.84 Å². The summed E-state index contributed by atoms with van der Waals surface area (Å²) in [7, 11) is 0. The lowest BCUT2D eigenvalue weighted by atomic mass is 10.0. The van der Waals surface area contributed by atoms with E-state index in [0.717, 1.165) is 18.6 Å². The van der Waals surface area contributed by atoms with Gasteiger partial charge in [-0.15, -0.1) is 0 Å². The molecule has 0 unspecified atom stereocenters. The van der Waals surface area contributed by atoms with Crippen LogP contribution in [0.4, 0.5) is 0 Å². The normalized spacial score (nSPS) is 18.3. The van der Waals surface area contributed by atoms with Crippen LogP contribution >= 0.6 is 12.6 Å². The Hall–Kier alpha value is -0.700. The third kappa shape index (κ3) is 2.12. The van der Waals surface area contributed by atoms with Gasteiger partial charge in [-0.1, -0.05) is 18.2 Å². The number of thiol groups is 1. The van der Waals surface area contributed by atoms with E-state index >= 15 is 0 Å². The van der Waals surface area contributed by atoms with Gasteiger partial charge in [0, 0.05) is 5.75 Å². The molecule has 0 spiro atoms. The SMILES string of the molecule is N/N=C(\CS)C1=CC=CCC1. The Morgan fingerprint density at radius 2 is 2.55 bits per heavy atom. The Bertz CT molecular complexity index is 216. The zero-order valence-corrected chi connectivity index (χ0v) is 7.22. The molecule has 0 aromatic heterocycles. The summed E-state index contributed by atoms with van der Waals surface area (Å²) in [6.07, 6.45) is 8.33. The van der Waals surface area contributed by atoms with Gasteiger partial charge in [0.15, 0.2) is 0 Å². The molecule has 0 radical (unpaired) electrons. The van der Waals surface area contributed by atoms with E-state index in [1.807, 2.05) is 12.2 Å². The molecule has 11 heavy (non-hydrogen) atoms. The lowest BCUT2D eigenvalue weighted by molar-refractivity contribution is 0.997. The Balaban J connectivity index is 2.72. The first-order valence-corrected chi connectivity index (χ1v) is 4.25. The summed E-state index contributed by atoms with van der Waals surface area (Å²) in [5.41, 5.74) is 2.11. The zero-order chi connectivity index (χ0) is 8.10. The average Bonchev–Trinajstić information content (AvgIpc) is 2.09. The van der Waals surface area contributed by atoms with Crippen molar-refractivity contribution in [2.45, 2.75) is 12.8 Å². The van der Waals surface area contributed by atoms with Crippen molar-refractivity contribution < 1.29 is 0 Å². The largest absolute Gasteiger partial charge is 0.323 e. The smallest absolute Gasteiger partial charge is 0.0728 e. The third-order valence-corrected chi connectivity index (χ3v) is 1.99. The molecule has 1 aliphatic carbocycles. The average molecular weight is 168 g/mol. The highest BCUT2D eigenvalue weighted by Gasteiger charge is 2.05. The van der Waals surface area contributed by atoms with Gasteiger partial charge in [-0.25, -0.2) is 0 Å². The number of hydrogen-bond donors (Lipinski definition) is 2. The summed E-state index contributed by atoms with van der Waals surface area (Å²) >= 11 is 4.13. The highest BCUT2D eigenvalue weighted by Crippen LogP contribution is 2.13. The van der Waals surface area contributed by atoms with Crippen LogP contribution < -0.4 is 5.84 Å². The predicted octanol–water partition coefficient (Wildman–Crippen LogP) is 1.51. The van der Waals surface area contributed by atoms with E-state index in [2.05, 4.69) is 23.8 Å². The van der Waals surface area contributed by atoms with Crippen molar-refractivity contribution in [2.24, 2.45) is 10.9 Å². The first-order valence-electron chi connectivity index (χ1n) is 3.62. The predicted molar refractivity (Wildman–Crippen MR) is 51.9 cm³/mol. The highest BCUT2D eigenvalue weighted by atomic mass is 32.1. The van der Waals surface area contributed by atoms with Crippen molar-refractivity contribution in [2.75, 3.05) is 5.75 Å². The van der Waals surface area contributed by atoms with Crippen LogP contribution in [0.3, 0.4) is 0 Å². The Morgan fingerprint density at radius 1 is 1.73 bits per heavy atom. The van der Waals surface area contributed by atoms with E-state index in [-0.39, 0.29) is 0 Å². The molecule has 2 N–H and O–H groups in total. The third-order valence-electron chi connectivity index (χ3n) is 1.69. The molecule has 2 nitrogen and oxygen atoms in total. The van der Waals surface area contributed by atoms with Crippen molar-refractivity contribution in [1.82, 2.24) is 0 Å². The Labute approximate surface area is 72.3 Å². The van der Waals surface area contributed by atoms with Crippen LogP contribution in [0.2, 0.25) is 0 Å². The number of rotatable bonds is 2. The van der Waals surface area contributed by atoms with Crippen LogP contribution in [0.5, 0.6) is 0 Å². The minimum Gasteiger partial charge on any atom is -0.323 e. The van der Waals surface area contributed by atoms with E-state index in [1.165, 1.54) is 5.57 Å². The molecule has 0 saturated carbocycles. The second-order valence-corrected chi connectivity index (χ2v) is 2.71. The second-order valence-electron chi connectivity index (χ2n) is 2.39. The number of hydrogen-bond acceptors (Lipinski definition) is 3. The summed E-state index contributed by atoms with van der Waals surface area (Å²) in [5, 5.41) is 3.67. The van der Waals surface area contributed by atoms with Crippen molar-refractivity contribution in [3.63, 3.8) is 0 Å². The Morgan fingerprint density at radius 3 is 3.00 bits per heavy atom. The first kappa shape index (κ1) is 8.40. The second kappa shape index (κ2) is 4.23. The van der Waals surface area contributed by atoms with Gasteiger partial charge in [0.2, 0.25) is 0 Å². The fourth-order valence-electron chi connectivity index (χ4n) is 1.07. The molecule has 0 heterocycles. The molecule has 3 heteroatoms. The Kier molecular flexibility index (Phi) is 3.23. The quantitative estimate of drug-likeness (QED) is 0.279. The summed E-state index contributed by atoms with van der Waals surface area (Å²) < 4.78 is 0. The molecule has 1 aliphatic rings. The van der Waals surface area contributed by atoms with Crippen LogP contribution in [0.15, 0.2) is 28.9 Å². The molecule has 0 bridgehead atoms. The summed E-state index contributed by atoms with van der Waals surface area (Å²) in [5.74, 6) is 5.81. The summed E-state index contributed by atoms with van der Waals surface area (Å²) in [4.78, 5) is 0. The van der Waals surface area contributed by atoms with Gasteiger partial charge in [-0.2, -0.15) is 17.7 Å². The molecular weight excluding hydrogens is 156 g/mol. The van der Waals surface area contributed by atoms with Crippen LogP contribution in [0, 0.1) is 0 Å². The summed E-state index contributed by atoms with van der Waals surface area (Å²) in [6, 6.07) is 0. The fraction of sp³-hybridized carbons (Fsp3) is 0.375. The van der Waals surface area contributed by atoms with Crippen molar-refractivity contribution in [3.8, 4) is 0 Å². The maximum atomic E-state index is 5.19. The van der Waals surface area contributed by atoms with Gasteiger partial charge in [-0.3, -0.25) is 0 Å². The maximum Gasteiger partial charge on any atom is 0.0728 e. The number of nitrogens with two attached hydrogens (primary N) is 1. The van der Waals surface area contributed by atoms with Crippen molar-refractivity contribution >= 4 is 18.3 Å². The van der Waals surface area contributed by atoms with Gasteiger partial charge in [0.1, 0.15) is 0 Å². The maximum absolute atomic E-state index is 5.19. The van der Waals surface area contributed by atoms with Gasteiger partial charge in [0.05, 0.1) is 5.71 Å². The summed E-state index contributed by atoms with van der Waals surface area (Å²) in [6.45, 7) is 0. The molecule has 0 aliphatic heterocycles. The molecule has 0 fully saturated rings. The zero-order valence-electron chi connectivity index (χ0n) is 6.33. The number of hydrazone groups is 1. The van der Waals surface area contributed by atoms with Gasteiger partial charge in [0.25, 0.3) is 0 Å². The topological polar surface area (TPSA) is 38.4 Å². The molecule has 0 atom stereocenters. The van der Waals surface area contributed by atoms with E-state index in [9.17, 15) is 0 Å². The molecule has 0 aromatic carbocycles. The fourth-order valence-corrected chi connectivity index (χ4v) is 1.35. The number of nitrogens with zero attached hydrogens (tertiary/aromatic N) is 1. The molecule has 0 saturated heterocycles. The highest BCUT2D eigenvalue weighted by molar-refractivity contribution is 7.81. The lowest BCUT2D eigenvalue weighted by Gasteiger charge is -2.08. The van der Waals surface area contributed by atoms with Crippen LogP contribution in [0.25, 0.3) is 0 Å². The van der Waals surface area contributed by atoms with Crippen LogP contribution in [0.1, 0.15) is 12.8 Å². The van der Waals surface area contributed by atoms with Crippen LogP contribution in [-0.2, 0) is 0 Å². The van der Waals surface area contributed by atoms with Crippen molar-refractivity contribution in [3.05, 3.63) is 23.8 Å². The van der Waals surface area contributed by atoms with Gasteiger partial charge < -0.3 is 5.84 Å². The monoisotopic (exact) mass is 168 g/mol. The van der Waals surface area contributed by atoms with E-state index in [1.54, 1.807) is 0 Å².